The predicted octanol–water partition coefficient (Wildman–Crippen LogP) is 5.97. The number of carbonyl (C=O) groups excluding carboxylic acids is 2. The molecular formula is C26H23ClN2O2. The molecule has 0 saturated carbocycles. The Balaban J connectivity index is 1.85. The third kappa shape index (κ3) is 3.87. The van der Waals surface area contributed by atoms with E-state index in [1.54, 1.807) is 18.2 Å². The van der Waals surface area contributed by atoms with Gasteiger partial charge < -0.3 is 5.32 Å². The molecule has 5 heteroatoms. The Morgan fingerprint density at radius 2 is 1.42 bits per heavy atom. The quantitative estimate of drug-likeness (QED) is 0.518. The molecule has 3 aromatic carbocycles. The molecular weight excluding hydrogens is 408 g/mol. The van der Waals surface area contributed by atoms with Gasteiger partial charge in [-0.3, -0.25) is 9.59 Å². The average Bonchev–Trinajstić information content (AvgIpc) is 2.97. The highest BCUT2D eigenvalue weighted by Crippen LogP contribution is 2.35. The first-order chi connectivity index (χ1) is 14.8. The van der Waals surface area contributed by atoms with Crippen molar-refractivity contribution in [3.8, 4) is 0 Å². The summed E-state index contributed by atoms with van der Waals surface area (Å²) in [5.41, 5.74) is 6.65. The van der Waals surface area contributed by atoms with Crippen LogP contribution in [0.1, 0.15) is 27.8 Å². The number of nitrogens with one attached hydrogen (secondary N) is 1. The molecule has 0 fully saturated rings. The average molecular weight is 431 g/mol. The Bertz CT molecular complexity index is 1240. The van der Waals surface area contributed by atoms with E-state index in [2.05, 4.69) is 5.32 Å². The number of rotatable bonds is 4. The highest BCUT2D eigenvalue weighted by Gasteiger charge is 2.40. The van der Waals surface area contributed by atoms with Crippen LogP contribution in [0.5, 0.6) is 0 Å². The van der Waals surface area contributed by atoms with E-state index in [1.807, 2.05) is 70.2 Å². The van der Waals surface area contributed by atoms with Gasteiger partial charge in [-0.2, -0.15) is 0 Å². The van der Waals surface area contributed by atoms with Crippen LogP contribution in [0, 0.1) is 27.7 Å². The number of hydrogen-bond acceptors (Lipinski definition) is 3. The van der Waals surface area contributed by atoms with Crippen molar-refractivity contribution in [2.45, 2.75) is 27.7 Å². The first-order valence-electron chi connectivity index (χ1n) is 10.1. The molecule has 0 spiro atoms. The fourth-order valence-electron chi connectivity index (χ4n) is 3.60. The number of carbonyl (C=O) groups is 2. The van der Waals surface area contributed by atoms with Crippen molar-refractivity contribution in [1.82, 2.24) is 0 Å². The zero-order valence-electron chi connectivity index (χ0n) is 17.9. The van der Waals surface area contributed by atoms with Gasteiger partial charge in [-0.05, 0) is 74.2 Å². The van der Waals surface area contributed by atoms with Crippen molar-refractivity contribution in [1.29, 1.82) is 0 Å². The maximum Gasteiger partial charge on any atom is 0.282 e. The lowest BCUT2D eigenvalue weighted by atomic mass is 10.0. The molecule has 0 aromatic heterocycles. The monoisotopic (exact) mass is 430 g/mol. The van der Waals surface area contributed by atoms with E-state index in [1.165, 1.54) is 4.90 Å². The number of anilines is 2. The zero-order chi connectivity index (χ0) is 22.3. The van der Waals surface area contributed by atoms with E-state index in [0.717, 1.165) is 22.3 Å². The third-order valence-electron chi connectivity index (χ3n) is 5.63. The summed E-state index contributed by atoms with van der Waals surface area (Å²) in [6.07, 6.45) is 0. The Morgan fingerprint density at radius 3 is 2.10 bits per heavy atom. The van der Waals surface area contributed by atoms with Crippen molar-refractivity contribution in [3.63, 3.8) is 0 Å². The molecule has 31 heavy (non-hydrogen) atoms. The summed E-state index contributed by atoms with van der Waals surface area (Å²) in [6.45, 7) is 7.87. The van der Waals surface area contributed by atoms with Gasteiger partial charge in [0.05, 0.1) is 11.3 Å². The number of aryl methyl sites for hydroxylation is 4. The number of hydrogen-bond donors (Lipinski definition) is 1. The fraction of sp³-hybridized carbons (Fsp3) is 0.154. The molecule has 0 unspecified atom stereocenters. The predicted molar refractivity (Wildman–Crippen MR) is 126 cm³/mol. The Morgan fingerprint density at radius 1 is 0.742 bits per heavy atom. The van der Waals surface area contributed by atoms with Crippen LogP contribution in [0.2, 0.25) is 5.02 Å². The highest BCUT2D eigenvalue weighted by molar-refractivity contribution is 6.46. The van der Waals surface area contributed by atoms with E-state index < -0.39 is 0 Å². The molecule has 1 heterocycles. The van der Waals surface area contributed by atoms with Gasteiger partial charge in [0.25, 0.3) is 11.8 Å². The Hall–Kier alpha value is -3.37. The molecule has 0 radical (unpaired) electrons. The summed E-state index contributed by atoms with van der Waals surface area (Å²) >= 11 is 6.18. The molecule has 4 nitrogen and oxygen atoms in total. The molecule has 0 atom stereocenters. The standard InChI is InChI=1S/C26H23ClN2O2/c1-15-5-9-19(10-6-15)23-24(28-22-14-20(27)11-7-17(22)3)26(31)29(25(23)30)21-12-8-16(2)18(4)13-21/h5-14,28H,1-4H3. The second-order valence-electron chi connectivity index (χ2n) is 7.91. The molecule has 2 amide bonds. The van der Waals surface area contributed by atoms with Gasteiger partial charge in [0.2, 0.25) is 0 Å². The lowest BCUT2D eigenvalue weighted by Crippen LogP contribution is -2.32. The smallest absolute Gasteiger partial charge is 0.282 e. The van der Waals surface area contributed by atoms with E-state index in [-0.39, 0.29) is 17.5 Å². The minimum atomic E-state index is -0.386. The van der Waals surface area contributed by atoms with E-state index in [9.17, 15) is 9.59 Å². The van der Waals surface area contributed by atoms with Crippen LogP contribution in [0.15, 0.2) is 66.4 Å². The van der Waals surface area contributed by atoms with Crippen molar-refractivity contribution >= 4 is 40.4 Å². The molecule has 0 aliphatic carbocycles. The second kappa shape index (κ2) is 8.05. The van der Waals surface area contributed by atoms with Crippen molar-refractivity contribution in [2.75, 3.05) is 10.2 Å². The van der Waals surface area contributed by atoms with Crippen LogP contribution in [0.25, 0.3) is 5.57 Å². The molecule has 0 saturated heterocycles. The molecule has 1 N–H and O–H groups in total. The van der Waals surface area contributed by atoms with Crippen LogP contribution in [-0.2, 0) is 9.59 Å². The molecule has 156 valence electrons. The SMILES string of the molecule is Cc1ccc(C2=C(Nc3cc(Cl)ccc3C)C(=O)N(c3ccc(C)c(C)c3)C2=O)cc1. The maximum absolute atomic E-state index is 13.5. The minimum absolute atomic E-state index is 0.248. The first-order valence-corrected chi connectivity index (χ1v) is 10.4. The summed E-state index contributed by atoms with van der Waals surface area (Å²) in [7, 11) is 0. The van der Waals surface area contributed by atoms with Gasteiger partial charge in [0, 0.05) is 10.7 Å². The Kier molecular flexibility index (Phi) is 5.42. The normalized spacial score (nSPS) is 13.9. The van der Waals surface area contributed by atoms with Gasteiger partial charge in [-0.15, -0.1) is 0 Å². The first kappa shape index (κ1) is 20.9. The van der Waals surface area contributed by atoms with Gasteiger partial charge >= 0.3 is 0 Å². The van der Waals surface area contributed by atoms with E-state index in [0.29, 0.717) is 27.5 Å². The van der Waals surface area contributed by atoms with Crippen LogP contribution >= 0.6 is 11.6 Å². The topological polar surface area (TPSA) is 49.4 Å². The summed E-state index contributed by atoms with van der Waals surface area (Å²) in [5.74, 6) is -0.734. The highest BCUT2D eigenvalue weighted by atomic mass is 35.5. The lowest BCUT2D eigenvalue weighted by molar-refractivity contribution is -0.120. The Labute approximate surface area is 187 Å². The summed E-state index contributed by atoms with van der Waals surface area (Å²) in [5, 5.41) is 3.75. The van der Waals surface area contributed by atoms with Crippen LogP contribution in [0.3, 0.4) is 0 Å². The number of halogens is 1. The summed E-state index contributed by atoms with van der Waals surface area (Å²) < 4.78 is 0. The molecule has 1 aliphatic heterocycles. The number of benzene rings is 3. The molecule has 0 bridgehead atoms. The van der Waals surface area contributed by atoms with E-state index in [4.69, 9.17) is 11.6 Å². The van der Waals surface area contributed by atoms with Crippen LogP contribution < -0.4 is 10.2 Å². The third-order valence-corrected chi connectivity index (χ3v) is 5.87. The summed E-state index contributed by atoms with van der Waals surface area (Å²) in [4.78, 5) is 28.3. The maximum atomic E-state index is 13.5. The lowest BCUT2D eigenvalue weighted by Gasteiger charge is -2.17. The number of imide groups is 1. The van der Waals surface area contributed by atoms with Gasteiger partial charge in [0.1, 0.15) is 5.70 Å². The van der Waals surface area contributed by atoms with Crippen molar-refractivity contribution in [2.24, 2.45) is 0 Å². The van der Waals surface area contributed by atoms with Gasteiger partial charge in [-0.25, -0.2) is 4.90 Å². The molecule has 4 rings (SSSR count). The molecule has 1 aliphatic rings. The van der Waals surface area contributed by atoms with Crippen LogP contribution in [-0.4, -0.2) is 11.8 Å². The van der Waals surface area contributed by atoms with Gasteiger partial charge in [-0.1, -0.05) is 53.6 Å². The van der Waals surface area contributed by atoms with E-state index >= 15 is 0 Å². The number of amides is 2. The second-order valence-corrected chi connectivity index (χ2v) is 8.35. The fourth-order valence-corrected chi connectivity index (χ4v) is 3.77. The summed E-state index contributed by atoms with van der Waals surface area (Å²) in [6, 6.07) is 18.6. The van der Waals surface area contributed by atoms with Crippen molar-refractivity contribution < 1.29 is 9.59 Å². The largest absolute Gasteiger partial charge is 0.350 e. The number of nitrogens with zero attached hydrogens (tertiary/aromatic N) is 1. The van der Waals surface area contributed by atoms with Crippen LogP contribution in [0.4, 0.5) is 11.4 Å². The molecule has 3 aromatic rings. The zero-order valence-corrected chi connectivity index (χ0v) is 18.7. The van der Waals surface area contributed by atoms with Gasteiger partial charge in [0.15, 0.2) is 0 Å². The van der Waals surface area contributed by atoms with Crippen molar-refractivity contribution in [3.05, 3.63) is 99.2 Å². The minimum Gasteiger partial charge on any atom is -0.350 e.